The SMILES string of the molecule is Cc1ccccc1N1CCN(CC(O)COCc2ccco2)CC1. The fourth-order valence-electron chi connectivity index (χ4n) is 3.13. The summed E-state index contributed by atoms with van der Waals surface area (Å²) in [4.78, 5) is 4.72. The van der Waals surface area contributed by atoms with E-state index in [1.807, 2.05) is 12.1 Å². The predicted octanol–water partition coefficient (Wildman–Crippen LogP) is 2.29. The van der Waals surface area contributed by atoms with Crippen LogP contribution in [0.15, 0.2) is 47.1 Å². The van der Waals surface area contributed by atoms with Crippen molar-refractivity contribution >= 4 is 5.69 Å². The summed E-state index contributed by atoms with van der Waals surface area (Å²) in [5.74, 6) is 0.786. The molecule has 3 rings (SSSR count). The molecular formula is C19H26N2O3. The van der Waals surface area contributed by atoms with E-state index in [0.717, 1.165) is 31.9 Å². The lowest BCUT2D eigenvalue weighted by molar-refractivity contribution is 0.00441. The second-order valence-electron chi connectivity index (χ2n) is 6.32. The Morgan fingerprint density at radius 3 is 2.62 bits per heavy atom. The fraction of sp³-hybridized carbons (Fsp3) is 0.474. The maximum atomic E-state index is 10.1. The molecular weight excluding hydrogens is 304 g/mol. The maximum absolute atomic E-state index is 10.1. The summed E-state index contributed by atoms with van der Waals surface area (Å²) < 4.78 is 10.7. The zero-order chi connectivity index (χ0) is 16.8. The van der Waals surface area contributed by atoms with Gasteiger partial charge in [0, 0.05) is 38.4 Å². The second kappa shape index (κ2) is 8.33. The predicted molar refractivity (Wildman–Crippen MR) is 94.2 cm³/mol. The molecule has 1 unspecified atom stereocenters. The minimum atomic E-state index is -0.468. The summed E-state index contributed by atoms with van der Waals surface area (Å²) in [6.07, 6.45) is 1.16. The molecule has 1 saturated heterocycles. The van der Waals surface area contributed by atoms with Crippen molar-refractivity contribution in [1.82, 2.24) is 4.90 Å². The van der Waals surface area contributed by atoms with Gasteiger partial charge in [-0.2, -0.15) is 0 Å². The van der Waals surface area contributed by atoms with Gasteiger partial charge in [-0.15, -0.1) is 0 Å². The number of rotatable bonds is 7. The number of hydrogen-bond acceptors (Lipinski definition) is 5. The molecule has 1 fully saturated rings. The van der Waals surface area contributed by atoms with E-state index in [1.165, 1.54) is 11.3 Å². The van der Waals surface area contributed by atoms with Crippen LogP contribution in [0.3, 0.4) is 0 Å². The number of para-hydroxylation sites is 1. The average Bonchev–Trinajstić information content (AvgIpc) is 3.10. The zero-order valence-electron chi connectivity index (χ0n) is 14.2. The third-order valence-corrected chi connectivity index (χ3v) is 4.43. The quantitative estimate of drug-likeness (QED) is 0.844. The molecule has 24 heavy (non-hydrogen) atoms. The van der Waals surface area contributed by atoms with Gasteiger partial charge >= 0.3 is 0 Å². The van der Waals surface area contributed by atoms with Gasteiger partial charge in [-0.25, -0.2) is 0 Å². The van der Waals surface area contributed by atoms with E-state index in [2.05, 4.69) is 41.0 Å². The third-order valence-electron chi connectivity index (χ3n) is 4.43. The van der Waals surface area contributed by atoms with Crippen LogP contribution in [0.5, 0.6) is 0 Å². The first-order chi connectivity index (χ1) is 11.7. The number of ether oxygens (including phenoxy) is 1. The van der Waals surface area contributed by atoms with Gasteiger partial charge in [-0.05, 0) is 30.7 Å². The highest BCUT2D eigenvalue weighted by Crippen LogP contribution is 2.20. The number of nitrogens with zero attached hydrogens (tertiary/aromatic N) is 2. The van der Waals surface area contributed by atoms with Gasteiger partial charge in [-0.3, -0.25) is 4.90 Å². The Kier molecular flexibility index (Phi) is 5.91. The number of aliphatic hydroxyl groups excluding tert-OH is 1. The topological polar surface area (TPSA) is 49.1 Å². The van der Waals surface area contributed by atoms with E-state index < -0.39 is 6.10 Å². The summed E-state index contributed by atoms with van der Waals surface area (Å²) in [5.41, 5.74) is 2.64. The molecule has 2 aromatic rings. The molecule has 130 valence electrons. The highest BCUT2D eigenvalue weighted by atomic mass is 16.5. The number of benzene rings is 1. The van der Waals surface area contributed by atoms with Crippen LogP contribution in [0.4, 0.5) is 5.69 Å². The minimum Gasteiger partial charge on any atom is -0.467 e. The molecule has 1 N–H and O–H groups in total. The Bertz CT molecular complexity index is 607. The maximum Gasteiger partial charge on any atom is 0.129 e. The van der Waals surface area contributed by atoms with Crippen LogP contribution in [-0.4, -0.2) is 55.4 Å². The van der Waals surface area contributed by atoms with Crippen molar-refractivity contribution in [3.8, 4) is 0 Å². The molecule has 1 atom stereocenters. The van der Waals surface area contributed by atoms with Crippen LogP contribution in [0, 0.1) is 6.92 Å². The second-order valence-corrected chi connectivity index (χ2v) is 6.32. The van der Waals surface area contributed by atoms with E-state index in [9.17, 15) is 5.11 Å². The number of anilines is 1. The van der Waals surface area contributed by atoms with Gasteiger partial charge in [0.05, 0.1) is 19.0 Å². The molecule has 0 radical (unpaired) electrons. The lowest BCUT2D eigenvalue weighted by Crippen LogP contribution is -2.49. The van der Waals surface area contributed by atoms with Crippen molar-refractivity contribution in [2.75, 3.05) is 44.2 Å². The van der Waals surface area contributed by atoms with Crippen LogP contribution >= 0.6 is 0 Å². The van der Waals surface area contributed by atoms with Gasteiger partial charge in [0.2, 0.25) is 0 Å². The Labute approximate surface area is 143 Å². The number of β-amino-alcohol motifs (C(OH)–C–C–N with tert-alkyl or cyclic N) is 1. The minimum absolute atomic E-state index is 0.332. The molecule has 1 aliphatic rings. The highest BCUT2D eigenvalue weighted by Gasteiger charge is 2.20. The summed E-state index contributed by atoms with van der Waals surface area (Å²) in [6, 6.07) is 12.2. The summed E-state index contributed by atoms with van der Waals surface area (Å²) >= 11 is 0. The molecule has 5 nitrogen and oxygen atoms in total. The smallest absolute Gasteiger partial charge is 0.129 e. The summed E-state index contributed by atoms with van der Waals surface area (Å²) in [5, 5.41) is 10.1. The van der Waals surface area contributed by atoms with Crippen LogP contribution in [0.1, 0.15) is 11.3 Å². The lowest BCUT2D eigenvalue weighted by Gasteiger charge is -2.37. The summed E-state index contributed by atoms with van der Waals surface area (Å²) in [6.45, 7) is 7.45. The monoisotopic (exact) mass is 330 g/mol. The third kappa shape index (κ3) is 4.60. The first-order valence-corrected chi connectivity index (χ1v) is 8.53. The van der Waals surface area contributed by atoms with E-state index in [4.69, 9.17) is 9.15 Å². The molecule has 0 spiro atoms. The first kappa shape index (κ1) is 17.0. The number of aryl methyl sites for hydroxylation is 1. The zero-order valence-corrected chi connectivity index (χ0v) is 14.2. The summed E-state index contributed by atoms with van der Waals surface area (Å²) in [7, 11) is 0. The van der Waals surface area contributed by atoms with Crippen molar-refractivity contribution in [2.24, 2.45) is 0 Å². The molecule has 0 bridgehead atoms. The molecule has 5 heteroatoms. The Morgan fingerprint density at radius 1 is 1.12 bits per heavy atom. The number of furan rings is 1. The van der Waals surface area contributed by atoms with Crippen LogP contribution in [-0.2, 0) is 11.3 Å². The van der Waals surface area contributed by atoms with Gasteiger partial charge in [0.1, 0.15) is 12.4 Å². The number of aliphatic hydroxyl groups is 1. The van der Waals surface area contributed by atoms with Crippen molar-refractivity contribution in [3.63, 3.8) is 0 Å². The molecule has 1 aromatic carbocycles. The average molecular weight is 330 g/mol. The highest BCUT2D eigenvalue weighted by molar-refractivity contribution is 5.53. The first-order valence-electron chi connectivity index (χ1n) is 8.53. The van der Waals surface area contributed by atoms with E-state index in [-0.39, 0.29) is 0 Å². The lowest BCUT2D eigenvalue weighted by atomic mass is 10.1. The van der Waals surface area contributed by atoms with Gasteiger partial charge in [0.25, 0.3) is 0 Å². The standard InChI is InChI=1S/C19H26N2O3/c1-16-5-2-3-7-19(16)21-10-8-20(9-11-21)13-17(22)14-23-15-18-6-4-12-24-18/h2-7,12,17,22H,8-11,13-15H2,1H3. The Morgan fingerprint density at radius 2 is 1.92 bits per heavy atom. The van der Waals surface area contributed by atoms with Crippen molar-refractivity contribution in [1.29, 1.82) is 0 Å². The largest absolute Gasteiger partial charge is 0.467 e. The van der Waals surface area contributed by atoms with Crippen molar-refractivity contribution in [3.05, 3.63) is 54.0 Å². The molecule has 0 amide bonds. The van der Waals surface area contributed by atoms with Crippen LogP contribution in [0.2, 0.25) is 0 Å². The van der Waals surface area contributed by atoms with E-state index in [1.54, 1.807) is 6.26 Å². The molecule has 1 aromatic heterocycles. The van der Waals surface area contributed by atoms with E-state index in [0.29, 0.717) is 19.8 Å². The Hall–Kier alpha value is -1.82. The fourth-order valence-corrected chi connectivity index (χ4v) is 3.13. The van der Waals surface area contributed by atoms with Crippen LogP contribution in [0.25, 0.3) is 0 Å². The molecule has 2 heterocycles. The van der Waals surface area contributed by atoms with E-state index >= 15 is 0 Å². The molecule has 1 aliphatic heterocycles. The van der Waals surface area contributed by atoms with Crippen molar-refractivity contribution in [2.45, 2.75) is 19.6 Å². The van der Waals surface area contributed by atoms with Gasteiger partial charge in [-0.1, -0.05) is 18.2 Å². The normalized spacial score (nSPS) is 17.2. The van der Waals surface area contributed by atoms with Gasteiger partial charge in [0.15, 0.2) is 0 Å². The van der Waals surface area contributed by atoms with Crippen molar-refractivity contribution < 1.29 is 14.3 Å². The van der Waals surface area contributed by atoms with Crippen LogP contribution < -0.4 is 4.90 Å². The number of piperazine rings is 1. The molecule has 0 saturated carbocycles. The molecule has 0 aliphatic carbocycles. The van der Waals surface area contributed by atoms with Gasteiger partial charge < -0.3 is 19.2 Å². The number of hydrogen-bond donors (Lipinski definition) is 1. The Balaban J connectivity index is 1.38.